The Morgan fingerprint density at radius 3 is 2.48 bits per heavy atom. The summed E-state index contributed by atoms with van der Waals surface area (Å²) in [6.07, 6.45) is -4.82. The van der Waals surface area contributed by atoms with Gasteiger partial charge in [-0.25, -0.2) is 0 Å². The van der Waals surface area contributed by atoms with Crippen LogP contribution in [0.4, 0.5) is 0 Å². The van der Waals surface area contributed by atoms with Crippen molar-refractivity contribution in [2.24, 2.45) is 0 Å². The lowest BCUT2D eigenvalue weighted by molar-refractivity contribution is -0.249. The van der Waals surface area contributed by atoms with Crippen molar-refractivity contribution in [2.45, 2.75) is 82.2 Å². The number of hydrogen-bond acceptors (Lipinski definition) is 12. The van der Waals surface area contributed by atoms with Crippen LogP contribution < -0.4 is 10.1 Å². The normalized spacial score (nSPS) is 27.6. The molecule has 44 heavy (non-hydrogen) atoms. The molecule has 2 aliphatic carbocycles. The van der Waals surface area contributed by atoms with Crippen LogP contribution in [0, 0.1) is 0 Å². The molecule has 6 N–H and O–H groups in total. The fourth-order valence-electron chi connectivity index (χ4n) is 6.36. The smallest absolute Gasteiger partial charge is 0.220 e. The number of benzene rings is 2. The minimum atomic E-state index is -2.29. The van der Waals surface area contributed by atoms with Crippen LogP contribution in [-0.4, -0.2) is 92.6 Å². The van der Waals surface area contributed by atoms with Crippen LogP contribution in [0.5, 0.6) is 17.2 Å². The number of hydrogen-bond donors (Lipinski definition) is 6. The number of fused-ring (bicyclic) bond motifs is 3. The van der Waals surface area contributed by atoms with Gasteiger partial charge in [0.2, 0.25) is 11.7 Å². The number of ketones is 3. The summed E-state index contributed by atoms with van der Waals surface area (Å²) < 4.78 is 17.3. The molecule has 3 aliphatic rings. The highest BCUT2D eigenvalue weighted by atomic mass is 16.7. The minimum absolute atomic E-state index is 0.0567. The molecule has 2 aromatic rings. The third-order valence-electron chi connectivity index (χ3n) is 8.58. The summed E-state index contributed by atoms with van der Waals surface area (Å²) in [7, 11) is 1.32. The number of aromatic hydroxyl groups is 2. The SMILES string of the molecule is CCCC(=O)N[C@H]1C[C@@H](O[C@H]2C[C@](O)(C(=O)CO)Cc3c(O)c4c(c(O)c32)C(=O)c2c(OC)cccc2C4=O)O[C@@H](C)[C@@H]1O. The second-order valence-electron chi connectivity index (χ2n) is 11.4. The molecule has 1 saturated heterocycles. The van der Waals surface area contributed by atoms with E-state index in [9.17, 15) is 44.7 Å². The van der Waals surface area contributed by atoms with Gasteiger partial charge >= 0.3 is 0 Å². The highest BCUT2D eigenvalue weighted by Crippen LogP contribution is 2.52. The summed E-state index contributed by atoms with van der Waals surface area (Å²) in [5.74, 6) is -4.20. The number of aliphatic hydroxyl groups excluding tert-OH is 2. The first-order valence-corrected chi connectivity index (χ1v) is 14.4. The zero-order valence-corrected chi connectivity index (χ0v) is 24.5. The van der Waals surface area contributed by atoms with Gasteiger partial charge in [-0.1, -0.05) is 19.1 Å². The Morgan fingerprint density at radius 2 is 1.82 bits per heavy atom. The highest BCUT2D eigenvalue weighted by molar-refractivity contribution is 6.31. The zero-order valence-electron chi connectivity index (χ0n) is 24.5. The predicted molar refractivity (Wildman–Crippen MR) is 151 cm³/mol. The molecule has 0 aromatic heterocycles. The maximum absolute atomic E-state index is 13.8. The fourth-order valence-corrected chi connectivity index (χ4v) is 6.36. The number of phenolic OH excluding ortho intramolecular Hbond substituents is 2. The van der Waals surface area contributed by atoms with Gasteiger partial charge in [0.1, 0.15) is 35.6 Å². The number of nitrogens with one attached hydrogen (secondary N) is 1. The van der Waals surface area contributed by atoms with E-state index in [4.69, 9.17) is 14.2 Å². The standard InChI is InChI=1S/C31H35NO12/c1-4-6-20(35)32-16-9-21(43-13(2)26(16)36)44-18-11-31(41,19(34)12-33)10-15-23(18)30(40)25-24(28(15)38)27(37)14-7-5-8-17(42-3)22(14)29(25)39/h5,7-8,13,16,18,21,26,33,36,38,40-41H,4,6,9-12H2,1-3H3,(H,32,35)/t13-,16-,18-,21+,26-,31-/m0/s1. The number of ether oxygens (including phenoxy) is 3. The fraction of sp³-hybridized carbons (Fsp3) is 0.484. The van der Waals surface area contributed by atoms with E-state index >= 15 is 0 Å². The average molecular weight is 614 g/mol. The number of phenols is 2. The van der Waals surface area contributed by atoms with Crippen LogP contribution >= 0.6 is 0 Å². The van der Waals surface area contributed by atoms with E-state index in [1.165, 1.54) is 25.3 Å². The van der Waals surface area contributed by atoms with Gasteiger partial charge in [-0.2, -0.15) is 0 Å². The van der Waals surface area contributed by atoms with E-state index in [1.54, 1.807) is 6.92 Å². The number of Topliss-reactive ketones (excluding diaryl/α,β-unsaturated/α-hetero) is 1. The van der Waals surface area contributed by atoms with Gasteiger partial charge in [-0.05, 0) is 19.4 Å². The lowest BCUT2D eigenvalue weighted by Gasteiger charge is -2.43. The number of carbonyl (C=O) groups is 4. The maximum atomic E-state index is 13.8. The maximum Gasteiger partial charge on any atom is 0.220 e. The van der Waals surface area contributed by atoms with Crippen LogP contribution in [0.1, 0.15) is 88.6 Å². The van der Waals surface area contributed by atoms with Gasteiger partial charge in [0.25, 0.3) is 0 Å². The molecule has 5 rings (SSSR count). The first-order valence-electron chi connectivity index (χ1n) is 14.4. The average Bonchev–Trinajstić information content (AvgIpc) is 2.99. The molecular weight excluding hydrogens is 578 g/mol. The van der Waals surface area contributed by atoms with E-state index in [0.717, 1.165) is 0 Å². The first kappa shape index (κ1) is 31.5. The number of methoxy groups -OCH3 is 1. The molecule has 13 nitrogen and oxygen atoms in total. The Morgan fingerprint density at radius 1 is 1.11 bits per heavy atom. The Kier molecular flexibility index (Phi) is 8.53. The van der Waals surface area contributed by atoms with Crippen molar-refractivity contribution in [3.8, 4) is 17.2 Å². The predicted octanol–water partition coefficient (Wildman–Crippen LogP) is 0.959. The third-order valence-corrected chi connectivity index (χ3v) is 8.58. The van der Waals surface area contributed by atoms with Crippen LogP contribution in [0.2, 0.25) is 0 Å². The van der Waals surface area contributed by atoms with Crippen molar-refractivity contribution in [1.29, 1.82) is 0 Å². The van der Waals surface area contributed by atoms with E-state index in [2.05, 4.69) is 5.32 Å². The Bertz CT molecular complexity index is 1540. The lowest BCUT2D eigenvalue weighted by atomic mass is 9.72. The molecule has 1 amide bonds. The van der Waals surface area contributed by atoms with Crippen LogP contribution in [0.15, 0.2) is 18.2 Å². The molecule has 0 radical (unpaired) electrons. The second kappa shape index (κ2) is 11.9. The zero-order chi connectivity index (χ0) is 32.1. The second-order valence-corrected chi connectivity index (χ2v) is 11.4. The van der Waals surface area contributed by atoms with Crippen molar-refractivity contribution in [1.82, 2.24) is 5.32 Å². The Balaban J connectivity index is 1.61. The number of aliphatic hydroxyl groups is 3. The molecule has 13 heteroatoms. The van der Waals surface area contributed by atoms with E-state index in [1.807, 2.05) is 6.92 Å². The molecule has 1 aliphatic heterocycles. The van der Waals surface area contributed by atoms with Crippen LogP contribution in [-0.2, 0) is 25.5 Å². The van der Waals surface area contributed by atoms with Gasteiger partial charge in [0.15, 0.2) is 17.9 Å². The van der Waals surface area contributed by atoms with Crippen LogP contribution in [0.25, 0.3) is 0 Å². The van der Waals surface area contributed by atoms with Crippen molar-refractivity contribution in [2.75, 3.05) is 13.7 Å². The largest absolute Gasteiger partial charge is 0.507 e. The van der Waals surface area contributed by atoms with Crippen molar-refractivity contribution in [3.05, 3.63) is 51.6 Å². The highest BCUT2D eigenvalue weighted by Gasteiger charge is 2.50. The summed E-state index contributed by atoms with van der Waals surface area (Å²) in [5.41, 5.74) is -3.82. The van der Waals surface area contributed by atoms with E-state index in [0.29, 0.717) is 6.42 Å². The number of amides is 1. The van der Waals surface area contributed by atoms with Crippen LogP contribution in [0.3, 0.4) is 0 Å². The van der Waals surface area contributed by atoms with E-state index in [-0.39, 0.29) is 46.8 Å². The van der Waals surface area contributed by atoms with Gasteiger partial charge in [0.05, 0.1) is 42.0 Å². The topological polar surface area (TPSA) is 209 Å². The lowest BCUT2D eigenvalue weighted by Crippen LogP contribution is -2.55. The van der Waals surface area contributed by atoms with Gasteiger partial charge < -0.3 is 45.1 Å². The third kappa shape index (κ3) is 5.14. The summed E-state index contributed by atoms with van der Waals surface area (Å²) in [6, 6.07) is 3.56. The summed E-state index contributed by atoms with van der Waals surface area (Å²) in [5, 5.41) is 57.5. The first-order chi connectivity index (χ1) is 20.9. The van der Waals surface area contributed by atoms with Gasteiger partial charge in [-0.15, -0.1) is 0 Å². The molecule has 0 saturated carbocycles. The monoisotopic (exact) mass is 613 g/mol. The Hall–Kier alpha value is -3.88. The molecule has 0 spiro atoms. The van der Waals surface area contributed by atoms with E-state index < -0.39 is 95.7 Å². The summed E-state index contributed by atoms with van der Waals surface area (Å²) in [6.45, 7) is 2.35. The molecule has 0 unspecified atom stereocenters. The molecule has 0 bridgehead atoms. The van der Waals surface area contributed by atoms with Gasteiger partial charge in [-0.3, -0.25) is 19.2 Å². The summed E-state index contributed by atoms with van der Waals surface area (Å²) in [4.78, 5) is 52.4. The molecule has 6 atom stereocenters. The summed E-state index contributed by atoms with van der Waals surface area (Å²) >= 11 is 0. The molecule has 236 valence electrons. The minimum Gasteiger partial charge on any atom is -0.507 e. The number of rotatable bonds is 8. The molecule has 2 aromatic carbocycles. The van der Waals surface area contributed by atoms with Crippen molar-refractivity contribution >= 4 is 23.3 Å². The number of carbonyl (C=O) groups excluding carboxylic acids is 4. The molecule has 1 heterocycles. The van der Waals surface area contributed by atoms with Gasteiger partial charge in [0, 0.05) is 42.4 Å². The van der Waals surface area contributed by atoms with Crippen molar-refractivity contribution < 1.29 is 58.9 Å². The molecular formula is C31H35NO12. The quantitative estimate of drug-likeness (QED) is 0.196. The Labute approximate surface area is 252 Å². The van der Waals surface area contributed by atoms with Crippen molar-refractivity contribution in [3.63, 3.8) is 0 Å². The molecule has 1 fully saturated rings.